The van der Waals surface area contributed by atoms with Crippen molar-refractivity contribution in [3.8, 4) is 27.5 Å². The maximum Gasteiger partial charge on any atom is 0.261 e. The van der Waals surface area contributed by atoms with Crippen LogP contribution in [0.15, 0.2) is 60.9 Å². The molecule has 3 N–H and O–H groups in total. The zero-order valence-corrected chi connectivity index (χ0v) is 18.9. The predicted molar refractivity (Wildman–Crippen MR) is 126 cm³/mol. The number of carbonyl (C=O) groups is 1. The first-order chi connectivity index (χ1) is 15.5. The van der Waals surface area contributed by atoms with Crippen LogP contribution in [0.1, 0.15) is 9.67 Å². The SMILES string of the molecule is O=C(NC(CO)CO)c1ccc(-c2cc(-c3cccnc3)nn2-c2ccc(Cl)c(Cl)c2)s1. The van der Waals surface area contributed by atoms with Crippen molar-refractivity contribution in [2.45, 2.75) is 6.04 Å². The minimum absolute atomic E-state index is 0.348. The average molecular weight is 489 g/mol. The molecule has 0 saturated carbocycles. The highest BCUT2D eigenvalue weighted by Crippen LogP contribution is 2.34. The molecule has 1 amide bonds. The molecular formula is C22H18Cl2N4O3S. The second-order valence-corrected chi connectivity index (χ2v) is 8.76. The summed E-state index contributed by atoms with van der Waals surface area (Å²) in [6, 6.07) is 13.7. The van der Waals surface area contributed by atoms with Crippen molar-refractivity contribution in [1.82, 2.24) is 20.1 Å². The largest absolute Gasteiger partial charge is 0.394 e. The number of rotatable bonds is 7. The van der Waals surface area contributed by atoms with Crippen molar-refractivity contribution in [2.75, 3.05) is 13.2 Å². The summed E-state index contributed by atoms with van der Waals surface area (Å²) in [5, 5.41) is 26.6. The van der Waals surface area contributed by atoms with Crippen molar-refractivity contribution in [3.05, 3.63) is 75.8 Å². The Morgan fingerprint density at radius 3 is 2.59 bits per heavy atom. The standard InChI is InChI=1S/C22H18Cl2N4O3S/c23-16-4-3-15(8-17(16)24)28-19(9-18(27-28)13-2-1-7-25-10-13)20-5-6-21(32-20)22(31)26-14(11-29)12-30/h1-10,14,29-30H,11-12H2,(H,26,31). The average Bonchev–Trinajstić information content (AvgIpc) is 3.47. The molecule has 0 unspecified atom stereocenters. The molecule has 7 nitrogen and oxygen atoms in total. The summed E-state index contributed by atoms with van der Waals surface area (Å²) in [6.07, 6.45) is 3.42. The summed E-state index contributed by atoms with van der Waals surface area (Å²) >= 11 is 13.6. The van der Waals surface area contributed by atoms with E-state index in [0.29, 0.717) is 26.3 Å². The maximum absolute atomic E-state index is 12.5. The van der Waals surface area contributed by atoms with Crippen molar-refractivity contribution in [2.24, 2.45) is 0 Å². The molecule has 0 fully saturated rings. The molecule has 4 aromatic rings. The Kier molecular flexibility index (Phi) is 6.88. The lowest BCUT2D eigenvalue weighted by Crippen LogP contribution is -2.39. The van der Waals surface area contributed by atoms with E-state index in [2.05, 4.69) is 10.3 Å². The van der Waals surface area contributed by atoms with Gasteiger partial charge in [-0.3, -0.25) is 9.78 Å². The zero-order chi connectivity index (χ0) is 22.7. The molecule has 0 spiro atoms. The normalized spacial score (nSPS) is 11.2. The minimum atomic E-state index is -0.716. The fraction of sp³-hybridized carbons (Fsp3) is 0.136. The van der Waals surface area contributed by atoms with Crippen LogP contribution in [0.2, 0.25) is 10.0 Å². The first kappa shape index (κ1) is 22.4. The van der Waals surface area contributed by atoms with Crippen LogP contribution in [0.5, 0.6) is 0 Å². The highest BCUT2D eigenvalue weighted by molar-refractivity contribution is 7.17. The molecule has 0 saturated heterocycles. The van der Waals surface area contributed by atoms with Gasteiger partial charge >= 0.3 is 0 Å². The van der Waals surface area contributed by atoms with Gasteiger partial charge in [-0.25, -0.2) is 4.68 Å². The Morgan fingerprint density at radius 2 is 1.91 bits per heavy atom. The molecule has 0 aliphatic heterocycles. The van der Waals surface area contributed by atoms with Gasteiger partial charge in [0.25, 0.3) is 5.91 Å². The molecule has 164 valence electrons. The molecule has 32 heavy (non-hydrogen) atoms. The van der Waals surface area contributed by atoms with Gasteiger partial charge in [-0.2, -0.15) is 5.10 Å². The van der Waals surface area contributed by atoms with Crippen molar-refractivity contribution in [1.29, 1.82) is 0 Å². The van der Waals surface area contributed by atoms with E-state index in [-0.39, 0.29) is 19.1 Å². The van der Waals surface area contributed by atoms with Gasteiger partial charge in [0.2, 0.25) is 0 Å². The number of nitrogens with zero attached hydrogens (tertiary/aromatic N) is 3. The number of amides is 1. The van der Waals surface area contributed by atoms with E-state index in [9.17, 15) is 15.0 Å². The quantitative estimate of drug-likeness (QED) is 0.364. The third kappa shape index (κ3) is 4.69. The molecule has 0 aliphatic carbocycles. The molecule has 3 aromatic heterocycles. The molecule has 0 bridgehead atoms. The number of aromatic nitrogens is 3. The van der Waals surface area contributed by atoms with Crippen molar-refractivity contribution in [3.63, 3.8) is 0 Å². The first-order valence-corrected chi connectivity index (χ1v) is 11.2. The van der Waals surface area contributed by atoms with Crippen LogP contribution >= 0.6 is 34.5 Å². The van der Waals surface area contributed by atoms with Gasteiger partial charge in [0.05, 0.1) is 56.1 Å². The van der Waals surface area contributed by atoms with Gasteiger partial charge < -0.3 is 15.5 Å². The minimum Gasteiger partial charge on any atom is -0.394 e. The molecule has 10 heteroatoms. The van der Waals surface area contributed by atoms with Gasteiger partial charge in [0.1, 0.15) is 0 Å². The van der Waals surface area contributed by atoms with E-state index in [0.717, 1.165) is 16.1 Å². The number of aliphatic hydroxyl groups is 2. The third-order valence-corrected chi connectivity index (χ3v) is 6.52. The Labute approximate surface area is 197 Å². The van der Waals surface area contributed by atoms with E-state index < -0.39 is 6.04 Å². The highest BCUT2D eigenvalue weighted by Gasteiger charge is 2.19. The Bertz CT molecular complexity index is 1240. The van der Waals surface area contributed by atoms with Gasteiger partial charge in [-0.1, -0.05) is 23.2 Å². The Morgan fingerprint density at radius 1 is 1.09 bits per heavy atom. The van der Waals surface area contributed by atoms with E-state index in [4.69, 9.17) is 28.3 Å². The number of carbonyl (C=O) groups excluding carboxylic acids is 1. The molecule has 0 aliphatic rings. The summed E-state index contributed by atoms with van der Waals surface area (Å²) in [6.45, 7) is -0.696. The summed E-state index contributed by atoms with van der Waals surface area (Å²) < 4.78 is 1.74. The molecule has 1 aromatic carbocycles. The fourth-order valence-electron chi connectivity index (χ4n) is 3.03. The lowest BCUT2D eigenvalue weighted by atomic mass is 10.2. The summed E-state index contributed by atoms with van der Waals surface area (Å²) in [4.78, 5) is 17.9. The van der Waals surface area contributed by atoms with Crippen LogP contribution in [0.4, 0.5) is 0 Å². The smallest absolute Gasteiger partial charge is 0.261 e. The third-order valence-electron chi connectivity index (χ3n) is 4.67. The van der Waals surface area contributed by atoms with Gasteiger partial charge in [0.15, 0.2) is 0 Å². The topological polar surface area (TPSA) is 100 Å². The van der Waals surface area contributed by atoms with Crippen molar-refractivity contribution >= 4 is 40.4 Å². The monoisotopic (exact) mass is 488 g/mol. The number of pyridine rings is 1. The molecule has 0 radical (unpaired) electrons. The van der Waals surface area contributed by atoms with Gasteiger partial charge in [-0.15, -0.1) is 11.3 Å². The van der Waals surface area contributed by atoms with E-state index in [1.54, 1.807) is 35.3 Å². The zero-order valence-electron chi connectivity index (χ0n) is 16.6. The summed E-state index contributed by atoms with van der Waals surface area (Å²) in [5.74, 6) is -0.373. The van der Waals surface area contributed by atoms with Gasteiger partial charge in [-0.05, 0) is 48.5 Å². The molecule has 0 atom stereocenters. The van der Waals surface area contributed by atoms with Crippen LogP contribution in [-0.2, 0) is 0 Å². The lowest BCUT2D eigenvalue weighted by Gasteiger charge is -2.12. The number of nitrogens with one attached hydrogen (secondary N) is 1. The molecular weight excluding hydrogens is 471 g/mol. The maximum atomic E-state index is 12.5. The van der Waals surface area contributed by atoms with Crippen LogP contribution in [0, 0.1) is 0 Å². The summed E-state index contributed by atoms with van der Waals surface area (Å²) in [7, 11) is 0. The molecule has 4 rings (SSSR count). The number of aliphatic hydroxyl groups excluding tert-OH is 2. The number of halogens is 2. The number of benzene rings is 1. The first-order valence-electron chi connectivity index (χ1n) is 9.59. The molecule has 3 heterocycles. The second-order valence-electron chi connectivity index (χ2n) is 6.87. The second kappa shape index (κ2) is 9.81. The summed E-state index contributed by atoms with van der Waals surface area (Å²) in [5.41, 5.74) is 3.02. The van der Waals surface area contributed by atoms with Crippen LogP contribution in [0.3, 0.4) is 0 Å². The lowest BCUT2D eigenvalue weighted by molar-refractivity contribution is 0.0883. The van der Waals surface area contributed by atoms with E-state index in [1.165, 1.54) is 11.3 Å². The fourth-order valence-corrected chi connectivity index (χ4v) is 4.23. The Balaban J connectivity index is 1.76. The van der Waals surface area contributed by atoms with E-state index in [1.807, 2.05) is 30.3 Å². The predicted octanol–water partition coefficient (Wildman–Crippen LogP) is 4.05. The Hall–Kier alpha value is -2.75. The number of hydrogen-bond acceptors (Lipinski definition) is 6. The van der Waals surface area contributed by atoms with Crippen LogP contribution < -0.4 is 5.32 Å². The number of hydrogen-bond donors (Lipinski definition) is 3. The van der Waals surface area contributed by atoms with Crippen molar-refractivity contribution < 1.29 is 15.0 Å². The van der Waals surface area contributed by atoms with Crippen LogP contribution in [-0.4, -0.2) is 50.1 Å². The number of thiophene rings is 1. The van der Waals surface area contributed by atoms with Gasteiger partial charge in [0, 0.05) is 18.0 Å². The van der Waals surface area contributed by atoms with Crippen LogP contribution in [0.25, 0.3) is 27.5 Å². The highest BCUT2D eigenvalue weighted by atomic mass is 35.5. The van der Waals surface area contributed by atoms with E-state index >= 15 is 0 Å².